The van der Waals surface area contributed by atoms with E-state index >= 15 is 0 Å². The summed E-state index contributed by atoms with van der Waals surface area (Å²) in [5.74, 6) is 0.339. The van der Waals surface area contributed by atoms with Crippen molar-refractivity contribution < 1.29 is 4.79 Å². The van der Waals surface area contributed by atoms with Gasteiger partial charge in [0.2, 0.25) is 11.9 Å². The standard InChI is InChI=1S/C21H19N5O/c22-18(27)12-11-17-13-26(14-23-17)21-24-19(15-7-3-1-4-8-15)20(25-21)16-9-5-2-6-10-16/h1-10,13-14H,11-12H2,(H2,22,27)(H,24,25). The van der Waals surface area contributed by atoms with Gasteiger partial charge >= 0.3 is 0 Å². The molecule has 0 fully saturated rings. The van der Waals surface area contributed by atoms with Crippen LogP contribution >= 0.6 is 0 Å². The number of nitrogens with zero attached hydrogens (tertiary/aromatic N) is 3. The number of rotatable bonds is 6. The zero-order valence-electron chi connectivity index (χ0n) is 14.7. The van der Waals surface area contributed by atoms with Crippen molar-refractivity contribution in [1.29, 1.82) is 0 Å². The van der Waals surface area contributed by atoms with Gasteiger partial charge in [0.25, 0.3) is 0 Å². The third-order valence-electron chi connectivity index (χ3n) is 4.31. The summed E-state index contributed by atoms with van der Waals surface area (Å²) in [7, 11) is 0. The molecule has 6 heteroatoms. The summed E-state index contributed by atoms with van der Waals surface area (Å²) >= 11 is 0. The van der Waals surface area contributed by atoms with Crippen molar-refractivity contribution in [2.75, 3.05) is 0 Å². The zero-order valence-corrected chi connectivity index (χ0v) is 14.7. The van der Waals surface area contributed by atoms with Gasteiger partial charge in [0, 0.05) is 23.7 Å². The van der Waals surface area contributed by atoms with Gasteiger partial charge in [0.1, 0.15) is 6.33 Å². The molecule has 0 radical (unpaired) electrons. The lowest BCUT2D eigenvalue weighted by Gasteiger charge is -2.02. The number of nitrogens with two attached hydrogens (primary N) is 1. The van der Waals surface area contributed by atoms with E-state index in [4.69, 9.17) is 10.7 Å². The number of aromatic nitrogens is 4. The molecule has 1 amide bonds. The molecule has 2 aromatic carbocycles. The monoisotopic (exact) mass is 357 g/mol. The van der Waals surface area contributed by atoms with Gasteiger partial charge in [-0.15, -0.1) is 0 Å². The summed E-state index contributed by atoms with van der Waals surface area (Å²) in [6, 6.07) is 20.2. The van der Waals surface area contributed by atoms with Crippen molar-refractivity contribution in [2.24, 2.45) is 5.73 Å². The number of hydrogen-bond donors (Lipinski definition) is 2. The Kier molecular flexibility index (Phi) is 4.53. The van der Waals surface area contributed by atoms with Gasteiger partial charge in [0.05, 0.1) is 17.1 Å². The summed E-state index contributed by atoms with van der Waals surface area (Å²) in [5, 5.41) is 0. The first-order chi connectivity index (χ1) is 13.2. The van der Waals surface area contributed by atoms with Crippen LogP contribution in [-0.2, 0) is 11.2 Å². The summed E-state index contributed by atoms with van der Waals surface area (Å²) in [4.78, 5) is 23.5. The second-order valence-electron chi connectivity index (χ2n) is 6.25. The molecule has 2 aromatic heterocycles. The predicted molar refractivity (Wildman–Crippen MR) is 104 cm³/mol. The van der Waals surface area contributed by atoms with Crippen LogP contribution in [0.3, 0.4) is 0 Å². The van der Waals surface area contributed by atoms with Crippen LogP contribution in [0.2, 0.25) is 0 Å². The molecular weight excluding hydrogens is 338 g/mol. The number of carbonyl (C=O) groups is 1. The smallest absolute Gasteiger partial charge is 0.217 e. The maximum atomic E-state index is 11.0. The van der Waals surface area contributed by atoms with Crippen molar-refractivity contribution >= 4 is 5.91 Å². The van der Waals surface area contributed by atoms with E-state index in [1.807, 2.05) is 59.3 Å². The number of aromatic amines is 1. The van der Waals surface area contributed by atoms with Gasteiger partial charge in [-0.1, -0.05) is 60.7 Å². The third-order valence-corrected chi connectivity index (χ3v) is 4.31. The molecule has 0 aliphatic heterocycles. The number of imidazole rings is 2. The average Bonchev–Trinajstić information content (AvgIpc) is 3.35. The Morgan fingerprint density at radius 2 is 1.67 bits per heavy atom. The Morgan fingerprint density at radius 1 is 1.00 bits per heavy atom. The number of benzene rings is 2. The van der Waals surface area contributed by atoms with Gasteiger partial charge in [-0.05, 0) is 6.42 Å². The molecule has 0 aliphatic rings. The molecule has 134 valence electrons. The predicted octanol–water partition coefficient (Wildman–Crippen LogP) is 3.35. The van der Waals surface area contributed by atoms with E-state index in [0.29, 0.717) is 12.4 Å². The van der Waals surface area contributed by atoms with E-state index in [1.165, 1.54) is 0 Å². The minimum Gasteiger partial charge on any atom is -0.370 e. The van der Waals surface area contributed by atoms with Crippen LogP contribution in [0.25, 0.3) is 28.5 Å². The highest BCUT2D eigenvalue weighted by Gasteiger charge is 2.15. The van der Waals surface area contributed by atoms with Gasteiger partial charge < -0.3 is 10.7 Å². The molecule has 0 bridgehead atoms. The van der Waals surface area contributed by atoms with Crippen LogP contribution in [0.1, 0.15) is 12.1 Å². The first kappa shape index (κ1) is 16.8. The second kappa shape index (κ2) is 7.29. The fourth-order valence-electron chi connectivity index (χ4n) is 2.96. The quantitative estimate of drug-likeness (QED) is 0.554. The van der Waals surface area contributed by atoms with Crippen molar-refractivity contribution in [3.63, 3.8) is 0 Å². The SMILES string of the molecule is NC(=O)CCc1cn(-c2nc(-c3ccccc3)c(-c3ccccc3)[nH]2)cn1. The number of hydrogen-bond acceptors (Lipinski definition) is 3. The summed E-state index contributed by atoms with van der Waals surface area (Å²) in [6.45, 7) is 0. The van der Waals surface area contributed by atoms with Crippen LogP contribution in [0.4, 0.5) is 0 Å². The number of amides is 1. The molecule has 0 unspecified atom stereocenters. The van der Waals surface area contributed by atoms with E-state index in [1.54, 1.807) is 6.33 Å². The summed E-state index contributed by atoms with van der Waals surface area (Å²) in [5.41, 5.74) is 9.94. The normalized spacial score (nSPS) is 10.8. The average molecular weight is 357 g/mol. The molecule has 2 heterocycles. The maximum absolute atomic E-state index is 11.0. The molecule has 3 N–H and O–H groups in total. The lowest BCUT2D eigenvalue weighted by molar-refractivity contribution is -0.118. The van der Waals surface area contributed by atoms with Gasteiger partial charge in [-0.25, -0.2) is 9.97 Å². The van der Waals surface area contributed by atoms with Crippen LogP contribution in [-0.4, -0.2) is 25.4 Å². The highest BCUT2D eigenvalue weighted by molar-refractivity contribution is 5.79. The maximum Gasteiger partial charge on any atom is 0.217 e. The lowest BCUT2D eigenvalue weighted by Crippen LogP contribution is -2.11. The van der Waals surface area contributed by atoms with Crippen molar-refractivity contribution in [1.82, 2.24) is 19.5 Å². The summed E-state index contributed by atoms with van der Waals surface area (Å²) in [6.07, 6.45) is 4.35. The number of carbonyl (C=O) groups excluding carboxylic acids is 1. The van der Waals surface area contributed by atoms with E-state index in [9.17, 15) is 4.79 Å². The summed E-state index contributed by atoms with van der Waals surface area (Å²) < 4.78 is 1.83. The van der Waals surface area contributed by atoms with E-state index in [0.717, 1.165) is 28.2 Å². The third kappa shape index (κ3) is 3.64. The molecule has 0 atom stereocenters. The van der Waals surface area contributed by atoms with Gasteiger partial charge in [-0.2, -0.15) is 0 Å². The largest absolute Gasteiger partial charge is 0.370 e. The Bertz CT molecular complexity index is 994. The van der Waals surface area contributed by atoms with E-state index in [-0.39, 0.29) is 12.3 Å². The lowest BCUT2D eigenvalue weighted by atomic mass is 10.1. The minimum absolute atomic E-state index is 0.277. The van der Waals surface area contributed by atoms with Gasteiger partial charge in [-0.3, -0.25) is 9.36 Å². The van der Waals surface area contributed by atoms with Crippen molar-refractivity contribution in [3.8, 4) is 28.5 Å². The fourth-order valence-corrected chi connectivity index (χ4v) is 2.96. The molecule has 27 heavy (non-hydrogen) atoms. The highest BCUT2D eigenvalue weighted by Crippen LogP contribution is 2.30. The molecule has 4 rings (SSSR count). The Labute approximate surface area is 156 Å². The van der Waals surface area contributed by atoms with Crippen LogP contribution in [0.15, 0.2) is 73.2 Å². The number of aryl methyl sites for hydroxylation is 1. The van der Waals surface area contributed by atoms with E-state index in [2.05, 4.69) is 22.1 Å². The molecule has 0 saturated carbocycles. The molecule has 0 spiro atoms. The Balaban J connectivity index is 1.75. The number of nitrogens with one attached hydrogen (secondary N) is 1. The fraction of sp³-hybridized carbons (Fsp3) is 0.0952. The second-order valence-corrected chi connectivity index (χ2v) is 6.25. The first-order valence-electron chi connectivity index (χ1n) is 8.73. The molecule has 0 aliphatic carbocycles. The molecular formula is C21H19N5O. The topological polar surface area (TPSA) is 89.6 Å². The van der Waals surface area contributed by atoms with Gasteiger partial charge in [0.15, 0.2) is 0 Å². The number of H-pyrrole nitrogens is 1. The first-order valence-corrected chi connectivity index (χ1v) is 8.73. The molecule has 0 saturated heterocycles. The van der Waals surface area contributed by atoms with Crippen LogP contribution in [0.5, 0.6) is 0 Å². The van der Waals surface area contributed by atoms with Crippen molar-refractivity contribution in [2.45, 2.75) is 12.8 Å². The highest BCUT2D eigenvalue weighted by atomic mass is 16.1. The van der Waals surface area contributed by atoms with Crippen LogP contribution in [0, 0.1) is 0 Å². The van der Waals surface area contributed by atoms with E-state index < -0.39 is 0 Å². The number of primary amides is 1. The Morgan fingerprint density at radius 3 is 2.33 bits per heavy atom. The Hall–Kier alpha value is -3.67. The minimum atomic E-state index is -0.333. The molecule has 4 aromatic rings. The van der Waals surface area contributed by atoms with Crippen molar-refractivity contribution in [3.05, 3.63) is 78.9 Å². The van der Waals surface area contributed by atoms with Crippen LogP contribution < -0.4 is 5.73 Å². The zero-order chi connectivity index (χ0) is 18.6. The molecule has 6 nitrogen and oxygen atoms in total.